The molecule has 0 fully saturated rings. The Morgan fingerprint density at radius 1 is 0.913 bits per heavy atom. The third-order valence-corrected chi connectivity index (χ3v) is 4.83. The number of aryl methyl sites for hydroxylation is 1. The number of thiophene rings is 1. The molecule has 2 aromatic carbocycles. The Hall–Kier alpha value is -2.72. The van der Waals surface area contributed by atoms with E-state index in [-0.39, 0.29) is 5.56 Å². The van der Waals surface area contributed by atoms with Gasteiger partial charge in [0.25, 0.3) is 5.56 Å². The Morgan fingerprint density at radius 3 is 2.43 bits per heavy atom. The first kappa shape index (κ1) is 13.9. The van der Waals surface area contributed by atoms with E-state index in [2.05, 4.69) is 35.1 Å². The van der Waals surface area contributed by atoms with E-state index in [0.717, 1.165) is 11.1 Å². The van der Waals surface area contributed by atoms with Crippen molar-refractivity contribution in [3.63, 3.8) is 0 Å². The van der Waals surface area contributed by atoms with E-state index in [9.17, 15) is 4.79 Å². The summed E-state index contributed by atoms with van der Waals surface area (Å²) in [6.07, 6.45) is 0. The van der Waals surface area contributed by atoms with Crippen molar-refractivity contribution in [1.82, 2.24) is 9.97 Å². The van der Waals surface area contributed by atoms with Crippen molar-refractivity contribution >= 4 is 22.2 Å². The molecule has 1 N–H and O–H groups in total. The van der Waals surface area contributed by atoms with Crippen LogP contribution in [-0.2, 0) is 0 Å². The Balaban J connectivity index is 1.97. The van der Waals surface area contributed by atoms with Crippen molar-refractivity contribution in [2.75, 3.05) is 0 Å². The Morgan fingerprint density at radius 2 is 1.65 bits per heavy atom. The number of nitrogens with zero attached hydrogens (tertiary/aromatic N) is 1. The molecule has 4 rings (SSSR count). The van der Waals surface area contributed by atoms with Crippen LogP contribution in [0, 0.1) is 6.92 Å². The summed E-state index contributed by atoms with van der Waals surface area (Å²) in [5, 5.41) is 0.612. The van der Waals surface area contributed by atoms with Gasteiger partial charge in [0.15, 0.2) is 0 Å². The lowest BCUT2D eigenvalue weighted by Gasteiger charge is -2.08. The maximum atomic E-state index is 12.3. The molecule has 0 spiro atoms. The summed E-state index contributed by atoms with van der Waals surface area (Å²) in [5.74, 6) is 0.607. The highest BCUT2D eigenvalue weighted by Gasteiger charge is 2.12. The van der Waals surface area contributed by atoms with E-state index in [4.69, 9.17) is 0 Å². The summed E-state index contributed by atoms with van der Waals surface area (Å²) in [6.45, 7) is 2.09. The highest BCUT2D eigenvalue weighted by atomic mass is 32.1. The van der Waals surface area contributed by atoms with Gasteiger partial charge >= 0.3 is 0 Å². The average Bonchev–Trinajstić information content (AvgIpc) is 3.01. The Labute approximate surface area is 137 Å². The monoisotopic (exact) mass is 318 g/mol. The van der Waals surface area contributed by atoms with Gasteiger partial charge in [-0.2, -0.15) is 0 Å². The summed E-state index contributed by atoms with van der Waals surface area (Å²) < 4.78 is 0. The van der Waals surface area contributed by atoms with Gasteiger partial charge in [0.1, 0.15) is 5.82 Å². The number of para-hydroxylation sites is 1. The van der Waals surface area contributed by atoms with Crippen LogP contribution < -0.4 is 5.56 Å². The highest BCUT2D eigenvalue weighted by Crippen LogP contribution is 2.34. The van der Waals surface area contributed by atoms with Crippen LogP contribution in [0.2, 0.25) is 0 Å². The number of hydrogen-bond acceptors (Lipinski definition) is 3. The zero-order valence-electron chi connectivity index (χ0n) is 12.5. The van der Waals surface area contributed by atoms with Crippen molar-refractivity contribution in [2.45, 2.75) is 6.92 Å². The van der Waals surface area contributed by atoms with E-state index >= 15 is 0 Å². The van der Waals surface area contributed by atoms with Crippen molar-refractivity contribution in [3.05, 3.63) is 75.9 Å². The fraction of sp³-hybridized carbons (Fsp3) is 0.0526. The fourth-order valence-electron chi connectivity index (χ4n) is 2.70. The predicted molar refractivity (Wildman–Crippen MR) is 95.8 cm³/mol. The lowest BCUT2D eigenvalue weighted by molar-refractivity contribution is 1.18. The largest absolute Gasteiger partial charge is 0.306 e. The van der Waals surface area contributed by atoms with Gasteiger partial charge < -0.3 is 4.98 Å². The SMILES string of the molecule is Cc1ccc(-c2ccccc2-c2nc3ccccc3c(=O)[nH]2)s1. The molecular weight excluding hydrogens is 304 g/mol. The molecule has 2 aromatic heterocycles. The fourth-order valence-corrected chi connectivity index (χ4v) is 3.60. The molecule has 0 unspecified atom stereocenters. The Kier molecular flexibility index (Phi) is 3.32. The number of aromatic amines is 1. The van der Waals surface area contributed by atoms with Crippen molar-refractivity contribution in [2.24, 2.45) is 0 Å². The third-order valence-electron chi connectivity index (χ3n) is 3.80. The zero-order chi connectivity index (χ0) is 15.8. The summed E-state index contributed by atoms with van der Waals surface area (Å²) in [6, 6.07) is 19.7. The van der Waals surface area contributed by atoms with Crippen LogP contribution in [0.1, 0.15) is 4.88 Å². The molecule has 4 aromatic rings. The van der Waals surface area contributed by atoms with Crippen molar-refractivity contribution in [1.29, 1.82) is 0 Å². The number of fused-ring (bicyclic) bond motifs is 1. The molecule has 0 aliphatic rings. The number of H-pyrrole nitrogens is 1. The molecule has 4 heteroatoms. The van der Waals surface area contributed by atoms with Gasteiger partial charge in [0.05, 0.1) is 10.9 Å². The molecule has 0 atom stereocenters. The van der Waals surface area contributed by atoms with Gasteiger partial charge in [-0.3, -0.25) is 4.79 Å². The molecule has 112 valence electrons. The summed E-state index contributed by atoms with van der Waals surface area (Å²) in [5.41, 5.74) is 2.63. The number of aromatic nitrogens is 2. The van der Waals surface area contributed by atoms with Crippen LogP contribution in [0.25, 0.3) is 32.7 Å². The molecule has 0 saturated carbocycles. The molecule has 0 radical (unpaired) electrons. The smallest absolute Gasteiger partial charge is 0.259 e. The summed E-state index contributed by atoms with van der Waals surface area (Å²) in [7, 11) is 0. The second-order valence-electron chi connectivity index (χ2n) is 5.39. The minimum atomic E-state index is -0.109. The van der Waals surface area contributed by atoms with E-state index < -0.39 is 0 Å². The van der Waals surface area contributed by atoms with Crippen LogP contribution in [0.15, 0.2) is 65.5 Å². The number of benzene rings is 2. The maximum Gasteiger partial charge on any atom is 0.259 e. The topological polar surface area (TPSA) is 45.8 Å². The van der Waals surface area contributed by atoms with E-state index in [0.29, 0.717) is 16.7 Å². The van der Waals surface area contributed by atoms with Gasteiger partial charge in [0, 0.05) is 20.9 Å². The molecule has 23 heavy (non-hydrogen) atoms. The van der Waals surface area contributed by atoms with Crippen LogP contribution in [0.4, 0.5) is 0 Å². The second-order valence-corrected chi connectivity index (χ2v) is 6.68. The first-order valence-corrected chi connectivity index (χ1v) is 8.19. The standard InChI is InChI=1S/C19H14N2OS/c1-12-10-11-17(23-12)13-6-2-3-7-14(13)18-20-16-9-5-4-8-15(16)19(22)21-18/h2-11H,1H3,(H,20,21,22). The lowest BCUT2D eigenvalue weighted by atomic mass is 10.1. The van der Waals surface area contributed by atoms with Crippen LogP contribution in [0.5, 0.6) is 0 Å². The zero-order valence-corrected chi connectivity index (χ0v) is 13.4. The van der Waals surface area contributed by atoms with Crippen molar-refractivity contribution in [3.8, 4) is 21.8 Å². The first-order chi connectivity index (χ1) is 11.2. The van der Waals surface area contributed by atoms with Crippen LogP contribution >= 0.6 is 11.3 Å². The van der Waals surface area contributed by atoms with Crippen LogP contribution in [-0.4, -0.2) is 9.97 Å². The van der Waals surface area contributed by atoms with Gasteiger partial charge in [0.2, 0.25) is 0 Å². The van der Waals surface area contributed by atoms with Crippen LogP contribution in [0.3, 0.4) is 0 Å². The molecule has 3 nitrogen and oxygen atoms in total. The van der Waals surface area contributed by atoms with E-state index in [1.807, 2.05) is 36.4 Å². The highest BCUT2D eigenvalue weighted by molar-refractivity contribution is 7.15. The summed E-state index contributed by atoms with van der Waals surface area (Å²) >= 11 is 1.74. The van der Waals surface area contributed by atoms with Gasteiger partial charge in [-0.25, -0.2) is 4.98 Å². The predicted octanol–water partition coefficient (Wildman–Crippen LogP) is 4.63. The molecular formula is C19H14N2OS. The Bertz CT molecular complexity index is 1060. The molecule has 0 saturated heterocycles. The summed E-state index contributed by atoms with van der Waals surface area (Å²) in [4.78, 5) is 22.3. The third kappa shape index (κ3) is 2.47. The maximum absolute atomic E-state index is 12.3. The van der Waals surface area contributed by atoms with E-state index in [1.54, 1.807) is 17.4 Å². The minimum Gasteiger partial charge on any atom is -0.306 e. The molecule has 0 aliphatic heterocycles. The van der Waals surface area contributed by atoms with E-state index in [1.165, 1.54) is 9.75 Å². The molecule has 2 heterocycles. The lowest BCUT2D eigenvalue weighted by Crippen LogP contribution is -2.09. The van der Waals surface area contributed by atoms with Gasteiger partial charge in [-0.1, -0.05) is 36.4 Å². The number of nitrogens with one attached hydrogen (secondary N) is 1. The molecule has 0 amide bonds. The quantitative estimate of drug-likeness (QED) is 0.586. The molecule has 0 aliphatic carbocycles. The number of hydrogen-bond donors (Lipinski definition) is 1. The van der Waals surface area contributed by atoms with Gasteiger partial charge in [-0.15, -0.1) is 11.3 Å². The number of rotatable bonds is 2. The van der Waals surface area contributed by atoms with Gasteiger partial charge in [-0.05, 0) is 31.2 Å². The second kappa shape index (κ2) is 5.48. The minimum absolute atomic E-state index is 0.109. The first-order valence-electron chi connectivity index (χ1n) is 7.37. The average molecular weight is 318 g/mol. The van der Waals surface area contributed by atoms with Crippen molar-refractivity contribution < 1.29 is 0 Å². The normalized spacial score (nSPS) is 11.0. The molecule has 0 bridgehead atoms.